The number of rotatable bonds is 2. The topological polar surface area (TPSA) is 27.7 Å². The fourth-order valence-electron chi connectivity index (χ4n) is 2.92. The minimum Gasteiger partial charge on any atom is -0.322 e. The van der Waals surface area contributed by atoms with Gasteiger partial charge in [0, 0.05) is 9.13 Å². The molecule has 0 aromatic heterocycles. The van der Waals surface area contributed by atoms with E-state index in [0.29, 0.717) is 19.8 Å². The van der Waals surface area contributed by atoms with Crippen molar-refractivity contribution in [2.75, 3.05) is 19.8 Å². The van der Waals surface area contributed by atoms with Crippen LogP contribution in [0.25, 0.3) is 0 Å². The Balaban J connectivity index is 1.63. The van der Waals surface area contributed by atoms with Crippen LogP contribution in [0.2, 0.25) is 0 Å². The number of ether oxygens (including phenoxy) is 3. The van der Waals surface area contributed by atoms with E-state index < -0.39 is 11.4 Å². The zero-order valence-electron chi connectivity index (χ0n) is 11.7. The Morgan fingerprint density at radius 3 is 2.09 bits per heavy atom. The molecule has 3 aliphatic rings. The zero-order chi connectivity index (χ0) is 15.2. The Labute approximate surface area is 141 Å². The molecular weight excluding hydrogens is 398 g/mol. The molecule has 2 aromatic rings. The van der Waals surface area contributed by atoms with Crippen LogP contribution in [-0.2, 0) is 25.6 Å². The van der Waals surface area contributed by atoms with Gasteiger partial charge in [0.05, 0.1) is 25.2 Å². The predicted molar refractivity (Wildman–Crippen MR) is 86.8 cm³/mol. The normalized spacial score (nSPS) is 30.5. The van der Waals surface area contributed by atoms with Gasteiger partial charge in [0.1, 0.15) is 5.82 Å². The third kappa shape index (κ3) is 2.27. The lowest BCUT2D eigenvalue weighted by Gasteiger charge is -2.52. The van der Waals surface area contributed by atoms with Crippen LogP contribution in [-0.4, -0.2) is 19.8 Å². The standard InChI is InChI=1S/C17H14FIO3/c18-14-3-1-2-13(8-14)16-9-20-17(21-10-16,22-11-16)12-4-6-15(19)7-5-12/h1-8H,9-11H2. The summed E-state index contributed by atoms with van der Waals surface area (Å²) in [6, 6.07) is 14.4. The summed E-state index contributed by atoms with van der Waals surface area (Å²) in [6.07, 6.45) is 0. The fourth-order valence-corrected chi connectivity index (χ4v) is 3.28. The van der Waals surface area contributed by atoms with Crippen molar-refractivity contribution in [3.05, 3.63) is 69.0 Å². The Hall–Kier alpha value is -1.02. The van der Waals surface area contributed by atoms with Gasteiger partial charge in [0.25, 0.3) is 0 Å². The van der Waals surface area contributed by atoms with Gasteiger partial charge in [-0.3, -0.25) is 0 Å². The van der Waals surface area contributed by atoms with Crippen molar-refractivity contribution in [3.63, 3.8) is 0 Å². The van der Waals surface area contributed by atoms with Crippen molar-refractivity contribution in [1.29, 1.82) is 0 Å². The first-order chi connectivity index (χ1) is 10.6. The maximum Gasteiger partial charge on any atom is 0.312 e. The third-order valence-corrected chi connectivity index (χ3v) is 4.97. The average Bonchev–Trinajstić information content (AvgIpc) is 2.57. The summed E-state index contributed by atoms with van der Waals surface area (Å²) < 4.78 is 32.4. The maximum absolute atomic E-state index is 13.5. The van der Waals surface area contributed by atoms with Gasteiger partial charge < -0.3 is 14.2 Å². The molecular formula is C17H14FIO3. The molecule has 5 heteroatoms. The van der Waals surface area contributed by atoms with Crippen LogP contribution >= 0.6 is 22.6 Å². The molecule has 0 aliphatic carbocycles. The van der Waals surface area contributed by atoms with Crippen LogP contribution in [0.1, 0.15) is 11.1 Å². The quantitative estimate of drug-likeness (QED) is 0.707. The monoisotopic (exact) mass is 412 g/mol. The van der Waals surface area contributed by atoms with Crippen LogP contribution in [0.4, 0.5) is 4.39 Å². The SMILES string of the molecule is Fc1cccc(C23COC(c4ccc(I)cc4)(OC2)OC3)c1. The van der Waals surface area contributed by atoms with Gasteiger partial charge in [-0.05, 0) is 64.6 Å². The Kier molecular flexibility index (Phi) is 3.48. The van der Waals surface area contributed by atoms with Gasteiger partial charge >= 0.3 is 5.97 Å². The van der Waals surface area contributed by atoms with Gasteiger partial charge in [0.15, 0.2) is 0 Å². The second-order valence-corrected chi connectivity index (χ2v) is 6.97. The molecule has 3 nitrogen and oxygen atoms in total. The van der Waals surface area contributed by atoms with Gasteiger partial charge in [-0.15, -0.1) is 0 Å². The Morgan fingerprint density at radius 1 is 0.864 bits per heavy atom. The number of benzene rings is 2. The van der Waals surface area contributed by atoms with Crippen LogP contribution in [0.5, 0.6) is 0 Å². The van der Waals surface area contributed by atoms with Crippen molar-refractivity contribution in [2.24, 2.45) is 0 Å². The maximum atomic E-state index is 13.5. The fraction of sp³-hybridized carbons (Fsp3) is 0.294. The number of hydrogen-bond donors (Lipinski definition) is 0. The molecule has 2 bridgehead atoms. The lowest BCUT2D eigenvalue weighted by Crippen LogP contribution is -2.60. The smallest absolute Gasteiger partial charge is 0.312 e. The van der Waals surface area contributed by atoms with E-state index in [0.717, 1.165) is 14.7 Å². The summed E-state index contributed by atoms with van der Waals surface area (Å²) in [5.74, 6) is -1.38. The molecule has 114 valence electrons. The molecule has 0 spiro atoms. The minimum absolute atomic E-state index is 0.257. The van der Waals surface area contributed by atoms with E-state index in [9.17, 15) is 4.39 Å². The van der Waals surface area contributed by atoms with Gasteiger partial charge in [-0.25, -0.2) is 4.39 Å². The van der Waals surface area contributed by atoms with E-state index in [2.05, 4.69) is 22.6 Å². The summed E-state index contributed by atoms with van der Waals surface area (Å²) in [5.41, 5.74) is 1.26. The first-order valence-corrected chi connectivity index (χ1v) is 8.14. The molecule has 0 amide bonds. The first kappa shape index (κ1) is 14.6. The molecule has 22 heavy (non-hydrogen) atoms. The number of hydrogen-bond acceptors (Lipinski definition) is 3. The van der Waals surface area contributed by atoms with Gasteiger partial charge in [-0.2, -0.15) is 0 Å². The lowest BCUT2D eigenvalue weighted by atomic mass is 9.80. The van der Waals surface area contributed by atoms with Crippen LogP contribution < -0.4 is 0 Å². The highest BCUT2D eigenvalue weighted by atomic mass is 127. The largest absolute Gasteiger partial charge is 0.322 e. The molecule has 3 saturated heterocycles. The van der Waals surface area contributed by atoms with E-state index in [1.807, 2.05) is 30.3 Å². The summed E-state index contributed by atoms with van der Waals surface area (Å²) in [5, 5.41) is 0. The zero-order valence-corrected chi connectivity index (χ0v) is 13.9. The summed E-state index contributed by atoms with van der Waals surface area (Å²) >= 11 is 2.25. The average molecular weight is 412 g/mol. The predicted octanol–water partition coefficient (Wildman–Crippen LogP) is 3.56. The highest BCUT2D eigenvalue weighted by molar-refractivity contribution is 14.1. The van der Waals surface area contributed by atoms with Gasteiger partial charge in [-0.1, -0.05) is 12.1 Å². The van der Waals surface area contributed by atoms with E-state index in [4.69, 9.17) is 14.2 Å². The van der Waals surface area contributed by atoms with E-state index in [-0.39, 0.29) is 5.82 Å². The highest BCUT2D eigenvalue weighted by Gasteiger charge is 2.54. The van der Waals surface area contributed by atoms with Crippen LogP contribution in [0.15, 0.2) is 48.5 Å². The van der Waals surface area contributed by atoms with Crippen molar-refractivity contribution in [3.8, 4) is 0 Å². The highest BCUT2D eigenvalue weighted by Crippen LogP contribution is 2.45. The second kappa shape index (κ2) is 5.26. The molecule has 0 atom stereocenters. The Bertz CT molecular complexity index is 677. The molecule has 3 fully saturated rings. The summed E-state index contributed by atoms with van der Waals surface area (Å²) in [4.78, 5) is 0. The third-order valence-electron chi connectivity index (χ3n) is 4.25. The molecule has 0 N–H and O–H groups in total. The van der Waals surface area contributed by atoms with Crippen molar-refractivity contribution in [1.82, 2.24) is 0 Å². The summed E-state index contributed by atoms with van der Waals surface area (Å²) in [6.45, 7) is 1.34. The van der Waals surface area contributed by atoms with Crippen molar-refractivity contribution < 1.29 is 18.6 Å². The first-order valence-electron chi connectivity index (χ1n) is 7.06. The molecule has 0 radical (unpaired) electrons. The lowest BCUT2D eigenvalue weighted by molar-refractivity contribution is -0.466. The molecule has 0 unspecified atom stereocenters. The second-order valence-electron chi connectivity index (χ2n) is 5.72. The van der Waals surface area contributed by atoms with Crippen molar-refractivity contribution >= 4 is 22.6 Å². The van der Waals surface area contributed by atoms with Crippen LogP contribution in [0.3, 0.4) is 0 Å². The molecule has 0 saturated carbocycles. The molecule has 3 heterocycles. The summed E-state index contributed by atoms with van der Waals surface area (Å²) in [7, 11) is 0. The Morgan fingerprint density at radius 2 is 1.50 bits per heavy atom. The van der Waals surface area contributed by atoms with Crippen LogP contribution in [0, 0.1) is 9.39 Å². The molecule has 5 rings (SSSR count). The van der Waals surface area contributed by atoms with Gasteiger partial charge in [0.2, 0.25) is 0 Å². The van der Waals surface area contributed by atoms with E-state index in [1.165, 1.54) is 12.1 Å². The molecule has 3 aliphatic heterocycles. The van der Waals surface area contributed by atoms with E-state index in [1.54, 1.807) is 6.07 Å². The number of fused-ring (bicyclic) bond motifs is 3. The van der Waals surface area contributed by atoms with E-state index >= 15 is 0 Å². The molecule has 2 aromatic carbocycles. The van der Waals surface area contributed by atoms with Crippen molar-refractivity contribution in [2.45, 2.75) is 11.4 Å². The number of halogens is 2. The minimum atomic E-state index is -1.13.